The fourth-order valence-electron chi connectivity index (χ4n) is 4.95. The molecule has 0 radical (unpaired) electrons. The van der Waals surface area contributed by atoms with Crippen LogP contribution in [0.5, 0.6) is 5.75 Å². The molecule has 2 aliphatic rings. The number of halogens is 2. The van der Waals surface area contributed by atoms with E-state index >= 15 is 0 Å². The number of hydrogen-bond donors (Lipinski definition) is 6. The Morgan fingerprint density at radius 2 is 1.85 bits per heavy atom. The van der Waals surface area contributed by atoms with Crippen LogP contribution < -0.4 is 4.74 Å². The molecule has 2 aromatic rings. The maximum atomic E-state index is 14.2. The van der Waals surface area contributed by atoms with Crippen molar-refractivity contribution in [2.24, 2.45) is 11.3 Å². The molecule has 1 heterocycles. The van der Waals surface area contributed by atoms with Crippen LogP contribution >= 0.6 is 11.6 Å². The Morgan fingerprint density at radius 1 is 1.12 bits per heavy atom. The largest absolute Gasteiger partial charge is 0.465 e. The zero-order chi connectivity index (χ0) is 24.2. The molecule has 0 amide bonds. The average molecular weight is 485 g/mol. The highest BCUT2D eigenvalue weighted by molar-refractivity contribution is 6.31. The molecule has 10 heteroatoms. The van der Waals surface area contributed by atoms with E-state index in [0.29, 0.717) is 16.1 Å². The van der Waals surface area contributed by atoms with Crippen LogP contribution in [0.1, 0.15) is 23.6 Å². The minimum Gasteiger partial charge on any atom is -0.465 e. The van der Waals surface area contributed by atoms with E-state index in [1.807, 2.05) is 0 Å². The molecule has 6 N–H and O–H groups in total. The van der Waals surface area contributed by atoms with Crippen molar-refractivity contribution in [2.75, 3.05) is 20.0 Å². The number of hydrogen-bond acceptors (Lipinski definition) is 8. The van der Waals surface area contributed by atoms with Gasteiger partial charge in [0.2, 0.25) is 5.79 Å². The third-order valence-corrected chi connectivity index (χ3v) is 7.63. The summed E-state index contributed by atoms with van der Waals surface area (Å²) in [6, 6.07) is 8.52. The van der Waals surface area contributed by atoms with Crippen LogP contribution in [0.2, 0.25) is 5.02 Å². The average Bonchev–Trinajstić information content (AvgIpc) is 3.30. The summed E-state index contributed by atoms with van der Waals surface area (Å²) in [4.78, 5) is 0. The van der Waals surface area contributed by atoms with Gasteiger partial charge in [0.05, 0.1) is 18.6 Å². The van der Waals surface area contributed by atoms with E-state index in [1.54, 1.807) is 13.0 Å². The first-order valence-corrected chi connectivity index (χ1v) is 10.8. The predicted molar refractivity (Wildman–Crippen MR) is 114 cm³/mol. The lowest BCUT2D eigenvalue weighted by Gasteiger charge is -2.35. The second-order valence-corrected chi connectivity index (χ2v) is 9.16. The van der Waals surface area contributed by atoms with Crippen LogP contribution in [0.4, 0.5) is 4.39 Å². The molecule has 2 aromatic carbocycles. The summed E-state index contributed by atoms with van der Waals surface area (Å²) in [5.41, 5.74) is -1.98. The zero-order valence-electron chi connectivity index (χ0n) is 17.8. The van der Waals surface area contributed by atoms with Crippen molar-refractivity contribution in [3.8, 4) is 5.75 Å². The maximum absolute atomic E-state index is 14.2. The second-order valence-electron chi connectivity index (χ2n) is 8.76. The molecule has 180 valence electrons. The number of rotatable bonds is 6. The summed E-state index contributed by atoms with van der Waals surface area (Å²) < 4.78 is 24.6. The zero-order valence-corrected chi connectivity index (χ0v) is 18.5. The molecule has 1 aliphatic carbocycles. The lowest BCUT2D eigenvalue weighted by Crippen LogP contribution is -2.52. The van der Waals surface area contributed by atoms with Crippen molar-refractivity contribution in [2.45, 2.75) is 36.9 Å². The van der Waals surface area contributed by atoms with Gasteiger partial charge in [-0.25, -0.2) is 4.39 Å². The Hall–Kier alpha value is -1.82. The quantitative estimate of drug-likeness (QED) is 0.329. The Morgan fingerprint density at radius 3 is 2.48 bits per heavy atom. The number of fused-ring (bicyclic) bond motifs is 1. The molecule has 1 saturated carbocycles. The van der Waals surface area contributed by atoms with Crippen molar-refractivity contribution in [1.82, 2.24) is 0 Å². The monoisotopic (exact) mass is 484 g/mol. The van der Waals surface area contributed by atoms with Gasteiger partial charge >= 0.3 is 0 Å². The van der Waals surface area contributed by atoms with Crippen molar-refractivity contribution in [1.29, 1.82) is 0 Å². The first kappa shape index (κ1) is 24.3. The predicted octanol–water partition coefficient (Wildman–Crippen LogP) is 0.655. The Kier molecular flexibility index (Phi) is 6.22. The van der Waals surface area contributed by atoms with E-state index in [1.165, 1.54) is 30.3 Å². The Balaban J connectivity index is 1.65. The topological polar surface area (TPSA) is 140 Å². The molecule has 1 saturated heterocycles. The third-order valence-electron chi connectivity index (χ3n) is 7.26. The molecule has 33 heavy (non-hydrogen) atoms. The van der Waals surface area contributed by atoms with Crippen molar-refractivity contribution in [3.63, 3.8) is 0 Å². The number of aliphatic hydroxyl groups excluding tert-OH is 4. The van der Waals surface area contributed by atoms with Crippen LogP contribution in [-0.4, -0.2) is 68.5 Å². The Labute approximate surface area is 194 Å². The summed E-state index contributed by atoms with van der Waals surface area (Å²) in [6.45, 7) is 0.151. The summed E-state index contributed by atoms with van der Waals surface area (Å²) in [5, 5.41) is 62.6. The van der Waals surface area contributed by atoms with Crippen LogP contribution in [0.15, 0.2) is 36.4 Å². The van der Waals surface area contributed by atoms with Gasteiger partial charge in [0.1, 0.15) is 17.8 Å². The Bertz CT molecular complexity index is 1050. The molecular formula is C23H26ClFO8. The summed E-state index contributed by atoms with van der Waals surface area (Å²) in [5.74, 6) is -3.73. The van der Waals surface area contributed by atoms with Gasteiger partial charge in [-0.1, -0.05) is 30.7 Å². The van der Waals surface area contributed by atoms with Crippen LogP contribution in [0.3, 0.4) is 0 Å². The fourth-order valence-corrected chi connectivity index (χ4v) is 5.13. The van der Waals surface area contributed by atoms with Gasteiger partial charge in [-0.2, -0.15) is 0 Å². The first-order chi connectivity index (χ1) is 15.5. The molecule has 1 aliphatic heterocycles. The lowest BCUT2D eigenvalue weighted by molar-refractivity contribution is -0.285. The third kappa shape index (κ3) is 3.55. The van der Waals surface area contributed by atoms with Gasteiger partial charge in [-0.15, -0.1) is 0 Å². The van der Waals surface area contributed by atoms with E-state index in [-0.39, 0.29) is 24.3 Å². The SMILES string of the molecule is C[C@H]1[C@]2(CO)CO[C@@](O)(c3ccc(Cl)c(Cc4ccc(OCO)c(F)c4)c3)[C@H](O)[C@@H](O)[C@]12O. The molecular weight excluding hydrogens is 459 g/mol. The highest BCUT2D eigenvalue weighted by Gasteiger charge is 2.80. The smallest absolute Gasteiger partial charge is 0.222 e. The van der Waals surface area contributed by atoms with Gasteiger partial charge in [0.25, 0.3) is 0 Å². The first-order valence-electron chi connectivity index (χ1n) is 10.4. The van der Waals surface area contributed by atoms with Gasteiger partial charge < -0.3 is 40.1 Å². The van der Waals surface area contributed by atoms with Gasteiger partial charge in [-0.3, -0.25) is 0 Å². The molecule has 0 bridgehead atoms. The number of aliphatic hydroxyl groups is 6. The molecule has 4 rings (SSSR count). The maximum Gasteiger partial charge on any atom is 0.222 e. The van der Waals surface area contributed by atoms with E-state index in [2.05, 4.69) is 0 Å². The van der Waals surface area contributed by atoms with E-state index < -0.39 is 54.1 Å². The summed E-state index contributed by atoms with van der Waals surface area (Å²) >= 11 is 6.31. The highest BCUT2D eigenvalue weighted by atomic mass is 35.5. The van der Waals surface area contributed by atoms with Crippen LogP contribution in [0, 0.1) is 17.2 Å². The summed E-state index contributed by atoms with van der Waals surface area (Å²) in [7, 11) is 0. The number of ether oxygens (including phenoxy) is 2. The lowest BCUT2D eigenvalue weighted by atomic mass is 9.89. The fraction of sp³-hybridized carbons (Fsp3) is 0.478. The number of benzene rings is 2. The van der Waals surface area contributed by atoms with Crippen molar-refractivity contribution >= 4 is 11.6 Å². The van der Waals surface area contributed by atoms with E-state index in [0.717, 1.165) is 0 Å². The van der Waals surface area contributed by atoms with Crippen LogP contribution in [-0.2, 0) is 16.9 Å². The van der Waals surface area contributed by atoms with Gasteiger partial charge in [0, 0.05) is 16.5 Å². The molecule has 0 spiro atoms. The summed E-state index contributed by atoms with van der Waals surface area (Å²) in [6.07, 6.45) is -3.57. The van der Waals surface area contributed by atoms with Crippen LogP contribution in [0.25, 0.3) is 0 Å². The minimum atomic E-state index is -2.39. The molecule has 0 unspecified atom stereocenters. The van der Waals surface area contributed by atoms with Crippen molar-refractivity contribution in [3.05, 3.63) is 63.9 Å². The van der Waals surface area contributed by atoms with Crippen molar-refractivity contribution < 1.29 is 44.5 Å². The standard InChI is InChI=1S/C23H26ClFO8/c1-12-21(9-26)10-33-23(31,20(29)19(28)22(12,21)30)15-3-4-16(24)14(8-15)6-13-2-5-18(32-11-27)17(25)7-13/h2-5,7-8,12,19-20,26-31H,6,9-11H2,1H3/t12-,19+,20+,21-,22+,23-/m0/s1. The minimum absolute atomic E-state index is 0.0693. The molecule has 0 aromatic heterocycles. The molecule has 6 atom stereocenters. The highest BCUT2D eigenvalue weighted by Crippen LogP contribution is 2.66. The van der Waals surface area contributed by atoms with Gasteiger partial charge in [-0.05, 0) is 41.8 Å². The molecule has 2 fully saturated rings. The van der Waals surface area contributed by atoms with E-state index in [4.69, 9.17) is 26.2 Å². The molecule has 8 nitrogen and oxygen atoms in total. The van der Waals surface area contributed by atoms with E-state index in [9.17, 15) is 29.9 Å². The normalized spacial score (nSPS) is 35.6. The second kappa shape index (κ2) is 8.44. The van der Waals surface area contributed by atoms with Gasteiger partial charge in [0.15, 0.2) is 18.4 Å².